The maximum Gasteiger partial charge on any atom is 0.220 e. The van der Waals surface area contributed by atoms with Crippen LogP contribution in [0.25, 0.3) is 0 Å². The maximum atomic E-state index is 11.7. The minimum absolute atomic E-state index is 0.184. The number of hydrogen-bond acceptors (Lipinski definition) is 2. The van der Waals surface area contributed by atoms with E-state index in [-0.39, 0.29) is 5.91 Å². The van der Waals surface area contributed by atoms with Crippen molar-refractivity contribution in [2.24, 2.45) is 5.41 Å². The summed E-state index contributed by atoms with van der Waals surface area (Å²) in [5, 5.41) is 6.26. The molecule has 3 N–H and O–H groups in total. The highest BCUT2D eigenvalue weighted by atomic mass is 16.1. The molecule has 100 valence electrons. The third-order valence-corrected chi connectivity index (χ3v) is 3.68. The van der Waals surface area contributed by atoms with Gasteiger partial charge in [0.05, 0.1) is 0 Å². The highest BCUT2D eigenvalue weighted by molar-refractivity contribution is 5.75. The van der Waals surface area contributed by atoms with Crippen LogP contribution in [-0.2, 0) is 11.2 Å². The van der Waals surface area contributed by atoms with Crippen molar-refractivity contribution in [2.75, 3.05) is 20.1 Å². The maximum absolute atomic E-state index is 11.7. The summed E-state index contributed by atoms with van der Waals surface area (Å²) in [4.78, 5) is 14.9. The molecule has 0 radical (unpaired) electrons. The minimum atomic E-state index is 0.184. The molecule has 4 nitrogen and oxygen atoms in total. The van der Waals surface area contributed by atoms with Gasteiger partial charge in [-0.25, -0.2) is 0 Å². The van der Waals surface area contributed by atoms with Crippen molar-refractivity contribution in [3.8, 4) is 0 Å². The standard InChI is InChI=1S/C14H23N3O/c1-15-10-14(7-8-14)11-17-13(18)6-2-4-12-5-3-9-16-12/h3,5,9,15-16H,2,4,6-8,10-11H2,1H3,(H,17,18). The molecule has 4 heteroatoms. The Hall–Kier alpha value is -1.29. The summed E-state index contributed by atoms with van der Waals surface area (Å²) in [5.74, 6) is 0.184. The average Bonchev–Trinajstić information content (AvgIpc) is 2.92. The van der Waals surface area contributed by atoms with E-state index in [1.54, 1.807) is 0 Å². The third-order valence-electron chi connectivity index (χ3n) is 3.68. The molecule has 0 saturated heterocycles. The molecule has 1 fully saturated rings. The number of hydrogen-bond donors (Lipinski definition) is 3. The van der Waals surface area contributed by atoms with Crippen molar-refractivity contribution in [2.45, 2.75) is 32.1 Å². The Morgan fingerprint density at radius 2 is 2.28 bits per heavy atom. The van der Waals surface area contributed by atoms with Crippen molar-refractivity contribution in [3.05, 3.63) is 24.0 Å². The van der Waals surface area contributed by atoms with Crippen molar-refractivity contribution >= 4 is 5.91 Å². The number of aryl methyl sites for hydroxylation is 1. The molecule has 1 heterocycles. The van der Waals surface area contributed by atoms with Crippen molar-refractivity contribution in [1.29, 1.82) is 0 Å². The van der Waals surface area contributed by atoms with Crippen molar-refractivity contribution in [3.63, 3.8) is 0 Å². The van der Waals surface area contributed by atoms with Crippen LogP contribution in [0.5, 0.6) is 0 Å². The average molecular weight is 249 g/mol. The number of amides is 1. The zero-order chi connectivity index (χ0) is 12.8. The number of carbonyl (C=O) groups is 1. The van der Waals surface area contributed by atoms with Gasteiger partial charge in [0.25, 0.3) is 0 Å². The normalized spacial score (nSPS) is 16.5. The summed E-state index contributed by atoms with van der Waals surface area (Å²) >= 11 is 0. The lowest BCUT2D eigenvalue weighted by Gasteiger charge is -2.15. The molecule has 1 amide bonds. The van der Waals surface area contributed by atoms with Gasteiger partial charge in [-0.1, -0.05) is 0 Å². The number of carbonyl (C=O) groups excluding carboxylic acids is 1. The van der Waals surface area contributed by atoms with E-state index in [2.05, 4.69) is 21.7 Å². The summed E-state index contributed by atoms with van der Waals surface area (Å²) in [6, 6.07) is 4.05. The highest BCUT2D eigenvalue weighted by Gasteiger charge is 2.41. The summed E-state index contributed by atoms with van der Waals surface area (Å²) in [6.07, 6.45) is 6.86. The first-order valence-corrected chi connectivity index (χ1v) is 6.78. The number of aromatic nitrogens is 1. The van der Waals surface area contributed by atoms with Crippen LogP contribution >= 0.6 is 0 Å². The first-order valence-electron chi connectivity index (χ1n) is 6.78. The molecule has 1 saturated carbocycles. The van der Waals surface area contributed by atoms with E-state index in [1.807, 2.05) is 19.3 Å². The van der Waals surface area contributed by atoms with E-state index in [0.29, 0.717) is 11.8 Å². The lowest BCUT2D eigenvalue weighted by molar-refractivity contribution is -0.121. The molecule has 0 spiro atoms. The van der Waals surface area contributed by atoms with Gasteiger partial charge < -0.3 is 15.6 Å². The summed E-state index contributed by atoms with van der Waals surface area (Å²) in [6.45, 7) is 1.84. The highest BCUT2D eigenvalue weighted by Crippen LogP contribution is 2.44. The zero-order valence-electron chi connectivity index (χ0n) is 11.1. The first kappa shape index (κ1) is 13.1. The van der Waals surface area contributed by atoms with Crippen molar-refractivity contribution < 1.29 is 4.79 Å². The van der Waals surface area contributed by atoms with Crippen molar-refractivity contribution in [1.82, 2.24) is 15.6 Å². The second kappa shape index (κ2) is 6.05. The fraction of sp³-hybridized carbons (Fsp3) is 0.643. The molecule has 2 rings (SSSR count). The SMILES string of the molecule is CNCC1(CNC(=O)CCCc2ccc[nH]2)CC1. The summed E-state index contributed by atoms with van der Waals surface area (Å²) < 4.78 is 0. The van der Waals surface area contributed by atoms with Gasteiger partial charge in [0.15, 0.2) is 0 Å². The summed E-state index contributed by atoms with van der Waals surface area (Å²) in [7, 11) is 1.97. The fourth-order valence-corrected chi connectivity index (χ4v) is 2.30. The Labute approximate surface area is 109 Å². The molecule has 0 aromatic carbocycles. The van der Waals surface area contributed by atoms with Crippen LogP contribution in [0.15, 0.2) is 18.3 Å². The van der Waals surface area contributed by atoms with Crippen LogP contribution < -0.4 is 10.6 Å². The molecule has 1 aliphatic rings. The van der Waals surface area contributed by atoms with Crippen LogP contribution in [0.2, 0.25) is 0 Å². The van der Waals surface area contributed by atoms with E-state index in [0.717, 1.165) is 25.9 Å². The minimum Gasteiger partial charge on any atom is -0.365 e. The van der Waals surface area contributed by atoms with E-state index in [4.69, 9.17) is 0 Å². The first-order chi connectivity index (χ1) is 8.74. The van der Waals surface area contributed by atoms with Gasteiger partial charge in [0, 0.05) is 36.8 Å². The second-order valence-corrected chi connectivity index (χ2v) is 5.36. The van der Waals surface area contributed by atoms with Gasteiger partial charge in [-0.05, 0) is 44.9 Å². The molecular weight excluding hydrogens is 226 g/mol. The summed E-state index contributed by atoms with van der Waals surface area (Å²) in [5.41, 5.74) is 1.56. The number of nitrogens with one attached hydrogen (secondary N) is 3. The Balaban J connectivity index is 1.58. The monoisotopic (exact) mass is 249 g/mol. The molecule has 0 bridgehead atoms. The smallest absolute Gasteiger partial charge is 0.220 e. The van der Waals surface area contributed by atoms with Crippen LogP contribution in [0, 0.1) is 5.41 Å². The number of aromatic amines is 1. The van der Waals surface area contributed by atoms with E-state index in [9.17, 15) is 4.79 Å². The van der Waals surface area contributed by atoms with Gasteiger partial charge >= 0.3 is 0 Å². The lowest BCUT2D eigenvalue weighted by atomic mass is 10.1. The zero-order valence-corrected chi connectivity index (χ0v) is 11.1. The largest absolute Gasteiger partial charge is 0.365 e. The molecule has 18 heavy (non-hydrogen) atoms. The van der Waals surface area contributed by atoms with Gasteiger partial charge in [0.2, 0.25) is 5.91 Å². The number of H-pyrrole nitrogens is 1. The Kier molecular flexibility index (Phi) is 4.42. The van der Waals surface area contributed by atoms with Crippen LogP contribution in [-0.4, -0.2) is 31.0 Å². The molecule has 0 unspecified atom stereocenters. The Morgan fingerprint density at radius 1 is 1.44 bits per heavy atom. The van der Waals surface area contributed by atoms with Gasteiger partial charge in [0.1, 0.15) is 0 Å². The van der Waals surface area contributed by atoms with Gasteiger partial charge in [-0.2, -0.15) is 0 Å². The predicted molar refractivity (Wildman–Crippen MR) is 72.3 cm³/mol. The topological polar surface area (TPSA) is 56.9 Å². The van der Waals surface area contributed by atoms with Crippen LogP contribution in [0.4, 0.5) is 0 Å². The molecule has 1 aromatic heterocycles. The molecule has 0 aliphatic heterocycles. The quantitative estimate of drug-likeness (QED) is 0.653. The Morgan fingerprint density at radius 3 is 2.89 bits per heavy atom. The number of rotatable bonds is 8. The van der Waals surface area contributed by atoms with E-state index < -0.39 is 0 Å². The van der Waals surface area contributed by atoms with Crippen LogP contribution in [0.1, 0.15) is 31.4 Å². The van der Waals surface area contributed by atoms with E-state index in [1.165, 1.54) is 18.5 Å². The van der Waals surface area contributed by atoms with E-state index >= 15 is 0 Å². The van der Waals surface area contributed by atoms with Gasteiger partial charge in [-0.3, -0.25) is 4.79 Å². The Bertz CT molecular complexity index is 368. The predicted octanol–water partition coefficient (Wildman–Crippen LogP) is 1.45. The lowest BCUT2D eigenvalue weighted by Crippen LogP contribution is -2.34. The third kappa shape index (κ3) is 3.88. The molecule has 1 aliphatic carbocycles. The molecule has 1 aromatic rings. The fourth-order valence-electron chi connectivity index (χ4n) is 2.30. The molecule has 0 atom stereocenters. The van der Waals surface area contributed by atoms with Crippen LogP contribution in [0.3, 0.4) is 0 Å². The van der Waals surface area contributed by atoms with Gasteiger partial charge in [-0.15, -0.1) is 0 Å². The molecular formula is C14H23N3O. The second-order valence-electron chi connectivity index (χ2n) is 5.36.